The zero-order valence-corrected chi connectivity index (χ0v) is 27.5. The number of thiophene rings is 1. The second-order valence-electron chi connectivity index (χ2n) is 12.0. The van der Waals surface area contributed by atoms with E-state index >= 15 is 0 Å². The molecule has 0 bridgehead atoms. The zero-order chi connectivity index (χ0) is 33.2. The smallest absolute Gasteiger partial charge is 0.412 e. The Morgan fingerprint density at radius 2 is 1.65 bits per heavy atom. The van der Waals surface area contributed by atoms with Gasteiger partial charge < -0.3 is 19.9 Å². The Bertz CT molecular complexity index is 1890. The van der Waals surface area contributed by atoms with E-state index in [1.54, 1.807) is 69.6 Å². The van der Waals surface area contributed by atoms with Gasteiger partial charge in [-0.05, 0) is 102 Å². The topological polar surface area (TPSA) is 123 Å². The maximum absolute atomic E-state index is 13.6. The van der Waals surface area contributed by atoms with E-state index < -0.39 is 11.7 Å². The Balaban J connectivity index is 1.39. The highest BCUT2D eigenvalue weighted by atomic mass is 32.1. The fraction of sp³-hybridized carbons (Fsp3) is 0.265. The third-order valence-corrected chi connectivity index (χ3v) is 8.02. The summed E-state index contributed by atoms with van der Waals surface area (Å²) in [5.74, 6) is 0.554. The number of hydrogen-bond acceptors (Lipinski definition) is 8. The van der Waals surface area contributed by atoms with Gasteiger partial charge in [-0.2, -0.15) is 0 Å². The highest BCUT2D eigenvalue weighted by molar-refractivity contribution is 7.18. The summed E-state index contributed by atoms with van der Waals surface area (Å²) in [5, 5.41) is 9.62. The van der Waals surface area contributed by atoms with Crippen molar-refractivity contribution in [2.75, 3.05) is 16.0 Å². The van der Waals surface area contributed by atoms with E-state index in [4.69, 9.17) is 9.72 Å². The normalized spacial score (nSPS) is 11.4. The third kappa shape index (κ3) is 7.57. The van der Waals surface area contributed by atoms with Crippen LogP contribution in [0.4, 0.5) is 31.5 Å². The number of anilines is 4. The predicted molar refractivity (Wildman–Crippen MR) is 180 cm³/mol. The molecule has 0 aliphatic carbocycles. The molecule has 0 saturated heterocycles. The molecule has 0 saturated carbocycles. The Morgan fingerprint density at radius 1 is 0.935 bits per heavy atom. The number of aromatic nitrogens is 4. The van der Waals surface area contributed by atoms with Gasteiger partial charge in [-0.3, -0.25) is 10.1 Å². The fourth-order valence-electron chi connectivity index (χ4n) is 4.85. The molecule has 0 unspecified atom stereocenters. The molecule has 10 nitrogen and oxygen atoms in total. The number of benzene rings is 2. The highest BCUT2D eigenvalue weighted by Gasteiger charge is 2.20. The van der Waals surface area contributed by atoms with Gasteiger partial charge in [-0.15, -0.1) is 11.3 Å². The van der Waals surface area contributed by atoms with Crippen molar-refractivity contribution in [1.82, 2.24) is 19.5 Å². The Kier molecular flexibility index (Phi) is 9.19. The van der Waals surface area contributed by atoms with Crippen molar-refractivity contribution in [2.24, 2.45) is 0 Å². The molecule has 0 fully saturated rings. The first kappa shape index (κ1) is 32.3. The van der Waals surface area contributed by atoms with Gasteiger partial charge in [0.15, 0.2) is 0 Å². The standard InChI is InChI=1S/C34H36FN7O3S/c1-19(2)42-21(4)37-18-28(42)26-14-15-36-32(39-26)41-31-20(3)16-29(46-31)30(43)38-27-17-23(22-8-11-24(35)12-9-22)10-13-25(27)40-33(44)45-34(5,6)7/h8-19H,1-7H3,(H,38,43)(H,40,44)(H,36,39,41). The summed E-state index contributed by atoms with van der Waals surface area (Å²) < 4.78 is 21.1. The summed E-state index contributed by atoms with van der Waals surface area (Å²) in [6, 6.07) is 15.0. The van der Waals surface area contributed by atoms with Gasteiger partial charge in [0.1, 0.15) is 17.2 Å². The molecule has 12 heteroatoms. The molecule has 5 rings (SSSR count). The maximum Gasteiger partial charge on any atom is 0.412 e. The quantitative estimate of drug-likeness (QED) is 0.155. The number of hydrogen-bond donors (Lipinski definition) is 3. The van der Waals surface area contributed by atoms with Crippen molar-refractivity contribution < 1.29 is 18.7 Å². The molecule has 3 N–H and O–H groups in total. The molecular weight excluding hydrogens is 605 g/mol. The van der Waals surface area contributed by atoms with Gasteiger partial charge in [-0.1, -0.05) is 18.2 Å². The molecule has 2 amide bonds. The van der Waals surface area contributed by atoms with Crippen molar-refractivity contribution in [3.8, 4) is 22.5 Å². The molecule has 0 spiro atoms. The van der Waals surface area contributed by atoms with Gasteiger partial charge in [0, 0.05) is 12.2 Å². The van der Waals surface area contributed by atoms with Crippen LogP contribution in [-0.2, 0) is 4.74 Å². The Morgan fingerprint density at radius 3 is 2.35 bits per heavy atom. The lowest BCUT2D eigenvalue weighted by atomic mass is 10.0. The minimum Gasteiger partial charge on any atom is -0.444 e. The summed E-state index contributed by atoms with van der Waals surface area (Å²) in [6.07, 6.45) is 2.82. The second-order valence-corrected chi connectivity index (χ2v) is 13.1. The van der Waals surface area contributed by atoms with Crippen LogP contribution in [0.15, 0.2) is 67.0 Å². The predicted octanol–water partition coefficient (Wildman–Crippen LogP) is 8.75. The van der Waals surface area contributed by atoms with E-state index in [0.29, 0.717) is 27.2 Å². The van der Waals surface area contributed by atoms with Gasteiger partial charge in [-0.25, -0.2) is 24.1 Å². The number of carbonyl (C=O) groups excluding carboxylic acids is 2. The number of nitrogens with zero attached hydrogens (tertiary/aromatic N) is 4. The molecule has 3 heterocycles. The number of halogens is 1. The lowest BCUT2D eigenvalue weighted by Gasteiger charge is -2.21. The van der Waals surface area contributed by atoms with Crippen molar-refractivity contribution in [3.05, 3.63) is 89.1 Å². The number of rotatable bonds is 8. The van der Waals surface area contributed by atoms with Crippen LogP contribution in [0.3, 0.4) is 0 Å². The van der Waals surface area contributed by atoms with E-state index in [2.05, 4.69) is 44.3 Å². The fourth-order valence-corrected chi connectivity index (χ4v) is 5.81. The number of amides is 2. The molecule has 0 atom stereocenters. The molecule has 46 heavy (non-hydrogen) atoms. The summed E-state index contributed by atoms with van der Waals surface area (Å²) >= 11 is 1.25. The molecule has 0 radical (unpaired) electrons. The van der Waals surface area contributed by atoms with Crippen LogP contribution < -0.4 is 16.0 Å². The first-order valence-electron chi connectivity index (χ1n) is 14.7. The van der Waals surface area contributed by atoms with Crippen LogP contribution in [0.1, 0.15) is 61.7 Å². The first-order chi connectivity index (χ1) is 21.8. The van der Waals surface area contributed by atoms with Crippen LogP contribution in [0.5, 0.6) is 0 Å². The van der Waals surface area contributed by atoms with Crippen molar-refractivity contribution >= 4 is 45.7 Å². The average Bonchev–Trinajstić information content (AvgIpc) is 3.55. The van der Waals surface area contributed by atoms with Crippen molar-refractivity contribution in [1.29, 1.82) is 0 Å². The number of imidazole rings is 1. The molecule has 2 aromatic carbocycles. The maximum atomic E-state index is 13.6. The molecule has 0 aliphatic rings. The first-order valence-corrected chi connectivity index (χ1v) is 15.5. The van der Waals surface area contributed by atoms with Gasteiger partial charge in [0.05, 0.1) is 38.8 Å². The molecule has 0 aliphatic heterocycles. The molecular formula is C34H36FN7O3S. The Hall–Kier alpha value is -5.10. The molecule has 3 aromatic heterocycles. The molecule has 5 aromatic rings. The van der Waals surface area contributed by atoms with Gasteiger partial charge >= 0.3 is 6.09 Å². The minimum atomic E-state index is -0.711. The number of nitrogens with one attached hydrogen (secondary N) is 3. The van der Waals surface area contributed by atoms with Crippen molar-refractivity contribution in [3.63, 3.8) is 0 Å². The van der Waals surface area contributed by atoms with Crippen LogP contribution in [0.2, 0.25) is 0 Å². The summed E-state index contributed by atoms with van der Waals surface area (Å²) in [5.41, 5.74) is 3.90. The summed E-state index contributed by atoms with van der Waals surface area (Å²) in [7, 11) is 0. The van der Waals surface area contributed by atoms with Crippen molar-refractivity contribution in [2.45, 2.75) is 60.1 Å². The van der Waals surface area contributed by atoms with Gasteiger partial charge in [0.25, 0.3) is 5.91 Å². The van der Waals surface area contributed by atoms with Gasteiger partial charge in [0.2, 0.25) is 5.95 Å². The van der Waals surface area contributed by atoms with Crippen LogP contribution in [0.25, 0.3) is 22.5 Å². The number of carbonyl (C=O) groups is 2. The number of ether oxygens (including phenoxy) is 1. The average molecular weight is 642 g/mol. The lowest BCUT2D eigenvalue weighted by molar-refractivity contribution is 0.0635. The molecule has 238 valence electrons. The Labute approximate surface area is 271 Å². The van der Waals surface area contributed by atoms with E-state index in [1.807, 2.05) is 19.9 Å². The van der Waals surface area contributed by atoms with Crippen LogP contribution in [0, 0.1) is 19.7 Å². The highest BCUT2D eigenvalue weighted by Crippen LogP contribution is 2.34. The third-order valence-electron chi connectivity index (χ3n) is 6.86. The van der Waals surface area contributed by atoms with E-state index in [1.165, 1.54) is 23.5 Å². The van der Waals surface area contributed by atoms with E-state index in [-0.39, 0.29) is 17.8 Å². The minimum absolute atomic E-state index is 0.209. The summed E-state index contributed by atoms with van der Waals surface area (Å²) in [6.45, 7) is 13.3. The largest absolute Gasteiger partial charge is 0.444 e. The zero-order valence-electron chi connectivity index (χ0n) is 26.7. The lowest BCUT2D eigenvalue weighted by Crippen LogP contribution is -2.27. The summed E-state index contributed by atoms with van der Waals surface area (Å²) in [4.78, 5) is 40.2. The SMILES string of the molecule is Cc1cc(C(=O)Nc2cc(-c3ccc(F)cc3)ccc2NC(=O)OC(C)(C)C)sc1Nc1nccc(-c2cnc(C)n2C(C)C)n1. The second kappa shape index (κ2) is 13.1. The van der Waals surface area contributed by atoms with Crippen LogP contribution in [-0.4, -0.2) is 37.1 Å². The van der Waals surface area contributed by atoms with E-state index in [9.17, 15) is 14.0 Å². The van der Waals surface area contributed by atoms with Crippen LogP contribution >= 0.6 is 11.3 Å². The number of aryl methyl sites for hydroxylation is 2. The monoisotopic (exact) mass is 641 g/mol. The van der Waals surface area contributed by atoms with E-state index in [0.717, 1.165) is 33.9 Å².